The fraction of sp³-hybridized carbons (Fsp3) is 0.368. The van der Waals surface area contributed by atoms with E-state index in [1.165, 1.54) is 23.1 Å². The van der Waals surface area contributed by atoms with Gasteiger partial charge < -0.3 is 14.5 Å². The third-order valence-electron chi connectivity index (χ3n) is 3.79. The lowest BCUT2D eigenvalue weighted by Crippen LogP contribution is -2.36. The van der Waals surface area contributed by atoms with Crippen LogP contribution in [0.15, 0.2) is 42.6 Å². The maximum Gasteiger partial charge on any atom is 0.422 e. The lowest BCUT2D eigenvalue weighted by molar-refractivity contribution is -0.154. The molecule has 0 atom stereocenters. The van der Waals surface area contributed by atoms with E-state index >= 15 is 0 Å². The molecule has 0 radical (unpaired) electrons. The Morgan fingerprint density at radius 2 is 1.82 bits per heavy atom. The molecule has 0 aliphatic heterocycles. The predicted molar refractivity (Wildman–Crippen MR) is 95.5 cm³/mol. The number of likely N-dealkylation sites (N-methyl/N-ethyl adjacent to an activating group) is 1. The molecule has 1 aromatic heterocycles. The van der Waals surface area contributed by atoms with Gasteiger partial charge in [0.05, 0.1) is 5.56 Å². The van der Waals surface area contributed by atoms with Gasteiger partial charge in [-0.25, -0.2) is 9.37 Å². The molecule has 2 aromatic rings. The van der Waals surface area contributed by atoms with Crippen LogP contribution in [0.1, 0.15) is 15.9 Å². The van der Waals surface area contributed by atoms with Gasteiger partial charge in [-0.3, -0.25) is 4.79 Å². The summed E-state index contributed by atoms with van der Waals surface area (Å²) in [5.41, 5.74) is 0.544. The zero-order valence-electron chi connectivity index (χ0n) is 15.5. The minimum Gasteiger partial charge on any atom is -0.468 e. The Morgan fingerprint density at radius 1 is 1.11 bits per heavy atom. The number of benzene rings is 1. The van der Waals surface area contributed by atoms with E-state index < -0.39 is 24.5 Å². The van der Waals surface area contributed by atoms with Crippen molar-refractivity contribution < 1.29 is 27.1 Å². The second kappa shape index (κ2) is 9.50. The number of nitrogens with zero attached hydrogens (tertiary/aromatic N) is 3. The summed E-state index contributed by atoms with van der Waals surface area (Å²) in [7, 11) is 3.69. The highest BCUT2D eigenvalue weighted by molar-refractivity contribution is 5.94. The summed E-state index contributed by atoms with van der Waals surface area (Å²) in [6.45, 7) is -0.506. The first-order valence-corrected chi connectivity index (χ1v) is 8.49. The molecule has 0 fully saturated rings. The van der Waals surface area contributed by atoms with Crippen LogP contribution in [0, 0.1) is 5.82 Å². The maximum absolute atomic E-state index is 14.0. The molecule has 0 spiro atoms. The molecule has 0 N–H and O–H groups in total. The number of hydrogen-bond donors (Lipinski definition) is 0. The zero-order valence-corrected chi connectivity index (χ0v) is 15.5. The number of ether oxygens (including phenoxy) is 1. The number of hydrogen-bond acceptors (Lipinski definition) is 4. The van der Waals surface area contributed by atoms with Crippen LogP contribution >= 0.6 is 0 Å². The smallest absolute Gasteiger partial charge is 0.422 e. The van der Waals surface area contributed by atoms with Crippen molar-refractivity contribution in [3.05, 3.63) is 59.5 Å². The number of aromatic nitrogens is 1. The van der Waals surface area contributed by atoms with Gasteiger partial charge in [-0.2, -0.15) is 13.2 Å². The molecule has 0 bridgehead atoms. The average Bonchev–Trinajstić information content (AvgIpc) is 2.64. The molecule has 0 saturated heterocycles. The molecule has 152 valence electrons. The largest absolute Gasteiger partial charge is 0.468 e. The van der Waals surface area contributed by atoms with Gasteiger partial charge in [-0.1, -0.05) is 18.2 Å². The van der Waals surface area contributed by atoms with E-state index in [1.54, 1.807) is 18.2 Å². The number of pyridine rings is 1. The first-order valence-electron chi connectivity index (χ1n) is 8.49. The third-order valence-corrected chi connectivity index (χ3v) is 3.79. The van der Waals surface area contributed by atoms with Crippen LogP contribution in [0.25, 0.3) is 0 Å². The first-order chi connectivity index (χ1) is 13.2. The van der Waals surface area contributed by atoms with Gasteiger partial charge in [0.1, 0.15) is 5.82 Å². The van der Waals surface area contributed by atoms with E-state index in [1.807, 2.05) is 19.0 Å². The molecule has 0 saturated carbocycles. The standard InChI is InChI=1S/C19H21F4N3O2/c1-25(2)9-10-26(12-15-5-3-4-6-16(15)20)18(27)14-7-8-17(24-11-14)28-13-19(21,22)23/h3-8,11H,9-10,12-13H2,1-2H3. The molecular weight excluding hydrogens is 378 g/mol. The highest BCUT2D eigenvalue weighted by Crippen LogP contribution is 2.18. The highest BCUT2D eigenvalue weighted by Gasteiger charge is 2.28. The van der Waals surface area contributed by atoms with Crippen LogP contribution in [0.2, 0.25) is 0 Å². The Balaban J connectivity index is 2.13. The van der Waals surface area contributed by atoms with Gasteiger partial charge in [0.2, 0.25) is 5.88 Å². The number of carbonyl (C=O) groups excluding carboxylic acids is 1. The molecule has 0 aliphatic carbocycles. The van der Waals surface area contributed by atoms with E-state index in [0.717, 1.165) is 6.20 Å². The van der Waals surface area contributed by atoms with Gasteiger partial charge in [-0.15, -0.1) is 0 Å². The van der Waals surface area contributed by atoms with Crippen LogP contribution in [0.3, 0.4) is 0 Å². The van der Waals surface area contributed by atoms with Crippen molar-refractivity contribution in [3.8, 4) is 5.88 Å². The Morgan fingerprint density at radius 3 is 2.39 bits per heavy atom. The van der Waals surface area contributed by atoms with Crippen LogP contribution in [-0.4, -0.2) is 60.7 Å². The van der Waals surface area contributed by atoms with Crippen molar-refractivity contribution in [2.75, 3.05) is 33.8 Å². The average molecular weight is 399 g/mol. The van der Waals surface area contributed by atoms with E-state index in [9.17, 15) is 22.4 Å². The monoisotopic (exact) mass is 399 g/mol. The van der Waals surface area contributed by atoms with Gasteiger partial charge in [0.15, 0.2) is 6.61 Å². The molecule has 1 aromatic carbocycles. The molecular formula is C19H21F4N3O2. The van der Waals surface area contributed by atoms with E-state index in [2.05, 4.69) is 9.72 Å². The molecule has 2 rings (SSSR count). The molecule has 5 nitrogen and oxygen atoms in total. The van der Waals surface area contributed by atoms with Crippen LogP contribution in [0.4, 0.5) is 17.6 Å². The number of halogens is 4. The Hall–Kier alpha value is -2.68. The van der Waals surface area contributed by atoms with Crippen LogP contribution in [0.5, 0.6) is 5.88 Å². The van der Waals surface area contributed by atoms with Crippen LogP contribution < -0.4 is 4.74 Å². The predicted octanol–water partition coefficient (Wildman–Crippen LogP) is 3.37. The fourth-order valence-corrected chi connectivity index (χ4v) is 2.34. The minimum atomic E-state index is -4.47. The summed E-state index contributed by atoms with van der Waals surface area (Å²) in [4.78, 5) is 19.9. The molecule has 0 aliphatic rings. The zero-order chi connectivity index (χ0) is 20.7. The molecule has 28 heavy (non-hydrogen) atoms. The molecule has 1 heterocycles. The van der Waals surface area contributed by atoms with Gasteiger partial charge >= 0.3 is 6.18 Å². The summed E-state index contributed by atoms with van der Waals surface area (Å²) >= 11 is 0. The van der Waals surface area contributed by atoms with Crippen molar-refractivity contribution in [3.63, 3.8) is 0 Å². The van der Waals surface area contributed by atoms with Gasteiger partial charge in [0.25, 0.3) is 5.91 Å². The number of alkyl halides is 3. The Labute approximate surface area is 160 Å². The summed E-state index contributed by atoms with van der Waals surface area (Å²) < 4.78 is 55.1. The van der Waals surface area contributed by atoms with Crippen molar-refractivity contribution >= 4 is 5.91 Å². The Kier molecular flexibility index (Phi) is 7.33. The SMILES string of the molecule is CN(C)CCN(Cc1ccccc1F)C(=O)c1ccc(OCC(F)(F)F)nc1. The van der Waals surface area contributed by atoms with E-state index in [4.69, 9.17) is 0 Å². The third kappa shape index (κ3) is 6.80. The number of rotatable bonds is 8. The van der Waals surface area contributed by atoms with E-state index in [-0.39, 0.29) is 18.0 Å². The lowest BCUT2D eigenvalue weighted by atomic mass is 10.1. The fourth-order valence-electron chi connectivity index (χ4n) is 2.34. The number of carbonyl (C=O) groups is 1. The second-order valence-electron chi connectivity index (χ2n) is 6.41. The molecule has 9 heteroatoms. The van der Waals surface area contributed by atoms with Gasteiger partial charge in [-0.05, 0) is 26.2 Å². The minimum absolute atomic E-state index is 0.0612. The summed E-state index contributed by atoms with van der Waals surface area (Å²) in [6, 6.07) is 8.70. The quantitative estimate of drug-likeness (QED) is 0.639. The summed E-state index contributed by atoms with van der Waals surface area (Å²) in [5, 5.41) is 0. The van der Waals surface area contributed by atoms with E-state index in [0.29, 0.717) is 18.7 Å². The molecule has 1 amide bonds. The van der Waals surface area contributed by atoms with Crippen molar-refractivity contribution in [1.29, 1.82) is 0 Å². The van der Waals surface area contributed by atoms with Crippen molar-refractivity contribution in [2.45, 2.75) is 12.7 Å². The number of amides is 1. The normalized spacial score (nSPS) is 11.5. The maximum atomic E-state index is 14.0. The van der Waals surface area contributed by atoms with Gasteiger partial charge in [0, 0.05) is 37.5 Å². The summed E-state index contributed by atoms with van der Waals surface area (Å²) in [6.07, 6.45) is -3.32. The Bertz CT molecular complexity index is 779. The first kappa shape index (κ1) is 21.6. The van der Waals surface area contributed by atoms with Crippen LogP contribution in [-0.2, 0) is 6.54 Å². The second-order valence-corrected chi connectivity index (χ2v) is 6.41. The molecule has 0 unspecified atom stereocenters. The van der Waals surface area contributed by atoms with Crippen molar-refractivity contribution in [1.82, 2.24) is 14.8 Å². The highest BCUT2D eigenvalue weighted by atomic mass is 19.4. The van der Waals surface area contributed by atoms with Crippen molar-refractivity contribution in [2.24, 2.45) is 0 Å². The topological polar surface area (TPSA) is 45.7 Å². The summed E-state index contributed by atoms with van der Waals surface area (Å²) in [5.74, 6) is -1.05. The lowest BCUT2D eigenvalue weighted by Gasteiger charge is -2.25.